The first-order chi connectivity index (χ1) is 8.86. The molecule has 18 heavy (non-hydrogen) atoms. The van der Waals surface area contributed by atoms with Crippen LogP contribution in [-0.2, 0) is 4.79 Å². The Labute approximate surface area is 108 Å². The fraction of sp³-hybridized carbons (Fsp3) is 0.571. The molecule has 1 unspecified atom stereocenters. The van der Waals surface area contributed by atoms with Crippen molar-refractivity contribution in [2.75, 3.05) is 18.4 Å². The van der Waals surface area contributed by atoms with Crippen molar-refractivity contribution in [2.45, 2.75) is 38.6 Å². The highest BCUT2D eigenvalue weighted by Gasteiger charge is 2.24. The van der Waals surface area contributed by atoms with Crippen LogP contribution in [-0.4, -0.2) is 29.4 Å². The summed E-state index contributed by atoms with van der Waals surface area (Å²) in [6.07, 6.45) is 7.16. The van der Waals surface area contributed by atoms with Crippen LogP contribution in [0.4, 0.5) is 5.82 Å². The maximum atomic E-state index is 11.2. The highest BCUT2D eigenvalue weighted by Crippen LogP contribution is 2.32. The van der Waals surface area contributed by atoms with Gasteiger partial charge in [-0.2, -0.15) is 0 Å². The molecule has 0 aliphatic carbocycles. The van der Waals surface area contributed by atoms with Crippen LogP contribution in [0.5, 0.6) is 0 Å². The average Bonchev–Trinajstić information content (AvgIpc) is 2.45. The van der Waals surface area contributed by atoms with Crippen LogP contribution in [0.3, 0.4) is 0 Å². The summed E-state index contributed by atoms with van der Waals surface area (Å²) in [6.45, 7) is 3.90. The standard InChI is InChI=1S/C14H21N3O/c1-2-8-15-14-12(6-5-9-16-14)13-7-3-4-10-17(13)11-18/h5-6,9,11,13H,2-4,7-8,10H2,1H3,(H,15,16). The normalized spacial score (nSPS) is 19.6. The minimum absolute atomic E-state index is 0.185. The third-order valence-electron chi connectivity index (χ3n) is 3.42. The summed E-state index contributed by atoms with van der Waals surface area (Å²) in [5, 5.41) is 3.35. The van der Waals surface area contributed by atoms with E-state index in [2.05, 4.69) is 23.3 Å². The summed E-state index contributed by atoms with van der Waals surface area (Å²) in [4.78, 5) is 17.5. The molecule has 1 aromatic rings. The van der Waals surface area contributed by atoms with Crippen LogP contribution in [0, 0.1) is 0 Å². The number of rotatable bonds is 5. The van der Waals surface area contributed by atoms with Gasteiger partial charge in [-0.3, -0.25) is 4.79 Å². The topological polar surface area (TPSA) is 45.2 Å². The van der Waals surface area contributed by atoms with E-state index < -0.39 is 0 Å². The van der Waals surface area contributed by atoms with Crippen LogP contribution < -0.4 is 5.32 Å². The Hall–Kier alpha value is -1.58. The van der Waals surface area contributed by atoms with Crippen LogP contribution in [0.25, 0.3) is 0 Å². The van der Waals surface area contributed by atoms with E-state index >= 15 is 0 Å². The van der Waals surface area contributed by atoms with Gasteiger partial charge >= 0.3 is 0 Å². The molecule has 0 saturated carbocycles. The van der Waals surface area contributed by atoms with Gasteiger partial charge in [-0.1, -0.05) is 13.0 Å². The molecule has 0 aromatic carbocycles. The molecule has 0 spiro atoms. The van der Waals surface area contributed by atoms with E-state index in [9.17, 15) is 4.79 Å². The first-order valence-electron chi connectivity index (χ1n) is 6.76. The molecule has 1 aliphatic rings. The van der Waals surface area contributed by atoms with Gasteiger partial charge in [0, 0.05) is 24.8 Å². The quantitative estimate of drug-likeness (QED) is 0.813. The maximum absolute atomic E-state index is 11.2. The number of hydrogen-bond acceptors (Lipinski definition) is 3. The van der Waals surface area contributed by atoms with E-state index in [0.29, 0.717) is 0 Å². The molecule has 0 radical (unpaired) electrons. The Kier molecular flexibility index (Phi) is 4.56. The second kappa shape index (κ2) is 6.38. The summed E-state index contributed by atoms with van der Waals surface area (Å²) >= 11 is 0. The Bertz CT molecular complexity index is 394. The Morgan fingerprint density at radius 3 is 3.22 bits per heavy atom. The molecular formula is C14H21N3O. The summed E-state index contributed by atoms with van der Waals surface area (Å²) in [7, 11) is 0. The Balaban J connectivity index is 2.22. The van der Waals surface area contributed by atoms with Gasteiger partial charge in [0.15, 0.2) is 0 Å². The number of hydrogen-bond donors (Lipinski definition) is 1. The number of carbonyl (C=O) groups is 1. The molecule has 1 fully saturated rings. The second-order valence-electron chi connectivity index (χ2n) is 4.72. The van der Waals surface area contributed by atoms with Crippen molar-refractivity contribution < 1.29 is 4.79 Å². The van der Waals surface area contributed by atoms with Gasteiger partial charge in [0.05, 0.1) is 6.04 Å². The highest BCUT2D eigenvalue weighted by atomic mass is 16.1. The summed E-state index contributed by atoms with van der Waals surface area (Å²) in [5.41, 5.74) is 1.15. The zero-order valence-electron chi connectivity index (χ0n) is 10.9. The molecule has 1 amide bonds. The molecule has 1 aromatic heterocycles. The minimum atomic E-state index is 0.185. The predicted octanol–water partition coefficient (Wildman–Crippen LogP) is 2.59. The van der Waals surface area contributed by atoms with Crippen LogP contribution in [0.2, 0.25) is 0 Å². The molecule has 1 atom stereocenters. The first-order valence-corrected chi connectivity index (χ1v) is 6.76. The first kappa shape index (κ1) is 12.9. The summed E-state index contributed by atoms with van der Waals surface area (Å²) < 4.78 is 0. The monoisotopic (exact) mass is 247 g/mol. The lowest BCUT2D eigenvalue weighted by Gasteiger charge is -2.33. The van der Waals surface area contributed by atoms with Crippen molar-refractivity contribution in [1.29, 1.82) is 0 Å². The molecule has 4 heteroatoms. The number of amides is 1. The average molecular weight is 247 g/mol. The van der Waals surface area contributed by atoms with Crippen LogP contribution in [0.1, 0.15) is 44.2 Å². The number of nitrogens with one attached hydrogen (secondary N) is 1. The van der Waals surface area contributed by atoms with Crippen LogP contribution in [0.15, 0.2) is 18.3 Å². The van der Waals surface area contributed by atoms with E-state index in [1.54, 1.807) is 6.20 Å². The zero-order valence-corrected chi connectivity index (χ0v) is 10.9. The molecule has 4 nitrogen and oxygen atoms in total. The van der Waals surface area contributed by atoms with Gasteiger partial charge in [0.2, 0.25) is 6.41 Å². The summed E-state index contributed by atoms with van der Waals surface area (Å²) in [6, 6.07) is 4.21. The third-order valence-corrected chi connectivity index (χ3v) is 3.42. The fourth-order valence-corrected chi connectivity index (χ4v) is 2.49. The number of piperidine rings is 1. The predicted molar refractivity (Wildman–Crippen MR) is 72.4 cm³/mol. The molecule has 1 saturated heterocycles. The number of pyridine rings is 1. The molecular weight excluding hydrogens is 226 g/mol. The SMILES string of the molecule is CCCNc1ncccc1C1CCCCN1C=O. The largest absolute Gasteiger partial charge is 0.370 e. The van der Waals surface area contributed by atoms with E-state index in [1.165, 1.54) is 6.42 Å². The van der Waals surface area contributed by atoms with Crippen molar-refractivity contribution in [3.05, 3.63) is 23.9 Å². The molecule has 1 aliphatic heterocycles. The molecule has 2 rings (SSSR count). The lowest BCUT2D eigenvalue weighted by atomic mass is 9.96. The van der Waals surface area contributed by atoms with E-state index in [1.807, 2.05) is 11.0 Å². The van der Waals surface area contributed by atoms with Gasteiger partial charge in [-0.15, -0.1) is 0 Å². The molecule has 1 N–H and O–H groups in total. The third kappa shape index (κ3) is 2.81. The van der Waals surface area contributed by atoms with Crippen molar-refractivity contribution in [3.63, 3.8) is 0 Å². The van der Waals surface area contributed by atoms with Crippen molar-refractivity contribution in [3.8, 4) is 0 Å². The number of anilines is 1. The lowest BCUT2D eigenvalue weighted by molar-refractivity contribution is -0.121. The van der Waals surface area contributed by atoms with Gasteiger partial charge in [0.25, 0.3) is 0 Å². The Morgan fingerprint density at radius 1 is 1.56 bits per heavy atom. The van der Waals surface area contributed by atoms with Crippen molar-refractivity contribution in [1.82, 2.24) is 9.88 Å². The molecule has 0 bridgehead atoms. The van der Waals surface area contributed by atoms with Crippen LogP contribution >= 0.6 is 0 Å². The fourth-order valence-electron chi connectivity index (χ4n) is 2.49. The molecule has 98 valence electrons. The van der Waals surface area contributed by atoms with Gasteiger partial charge < -0.3 is 10.2 Å². The lowest BCUT2D eigenvalue weighted by Crippen LogP contribution is -2.32. The highest BCUT2D eigenvalue weighted by molar-refractivity contribution is 5.53. The molecule has 2 heterocycles. The van der Waals surface area contributed by atoms with E-state index in [0.717, 1.165) is 50.1 Å². The minimum Gasteiger partial charge on any atom is -0.370 e. The number of nitrogens with zero attached hydrogens (tertiary/aromatic N) is 2. The zero-order chi connectivity index (χ0) is 12.8. The van der Waals surface area contributed by atoms with E-state index in [4.69, 9.17) is 0 Å². The van der Waals surface area contributed by atoms with Gasteiger partial charge in [-0.05, 0) is 31.7 Å². The van der Waals surface area contributed by atoms with Gasteiger partial charge in [-0.25, -0.2) is 4.98 Å². The van der Waals surface area contributed by atoms with Crippen molar-refractivity contribution in [2.24, 2.45) is 0 Å². The summed E-state index contributed by atoms with van der Waals surface area (Å²) in [5.74, 6) is 0.929. The van der Waals surface area contributed by atoms with E-state index in [-0.39, 0.29) is 6.04 Å². The maximum Gasteiger partial charge on any atom is 0.210 e. The number of aromatic nitrogens is 1. The Morgan fingerprint density at radius 2 is 2.44 bits per heavy atom. The number of carbonyl (C=O) groups excluding carboxylic acids is 1. The smallest absolute Gasteiger partial charge is 0.210 e. The number of likely N-dealkylation sites (tertiary alicyclic amines) is 1. The van der Waals surface area contributed by atoms with Crippen molar-refractivity contribution >= 4 is 12.2 Å². The second-order valence-corrected chi connectivity index (χ2v) is 4.72. The van der Waals surface area contributed by atoms with Gasteiger partial charge in [0.1, 0.15) is 5.82 Å².